The van der Waals surface area contributed by atoms with Gasteiger partial charge in [-0.3, -0.25) is 18.7 Å². The number of aromatic nitrogens is 2. The minimum absolute atomic E-state index is 0.212. The fourth-order valence-corrected chi connectivity index (χ4v) is 5.86. The van der Waals surface area contributed by atoms with E-state index in [4.69, 9.17) is 9.47 Å². The number of fused-ring (bicyclic) bond motifs is 3. The number of hydrogen-bond acceptors (Lipinski definition) is 6. The van der Waals surface area contributed by atoms with Crippen LogP contribution in [0.4, 0.5) is 5.69 Å². The van der Waals surface area contributed by atoms with Gasteiger partial charge in [0, 0.05) is 23.5 Å². The maximum Gasteiger partial charge on any atom is 0.332 e. The number of thiophene rings is 1. The zero-order valence-electron chi connectivity index (χ0n) is 21.1. The highest BCUT2D eigenvalue weighted by molar-refractivity contribution is 7.18. The van der Waals surface area contributed by atoms with Crippen molar-refractivity contribution in [2.24, 2.45) is 0 Å². The zero-order chi connectivity index (χ0) is 26.2. The van der Waals surface area contributed by atoms with E-state index in [1.54, 1.807) is 31.4 Å². The first-order valence-corrected chi connectivity index (χ1v) is 13.0. The fourth-order valence-electron chi connectivity index (χ4n) is 4.64. The fraction of sp³-hybridized carbons (Fsp3) is 0.321. The molecule has 0 radical (unpaired) electrons. The maximum absolute atomic E-state index is 13.7. The first-order chi connectivity index (χ1) is 17.8. The lowest BCUT2D eigenvalue weighted by Gasteiger charge is -2.29. The number of carbonyl (C=O) groups is 1. The molecule has 9 heteroatoms. The standard InChI is InChI=1S/C28H29N3O5S/c1-28(2)15-21-22(17-36-28)37-26-24(21)25(33)30(14-13-18-7-5-4-6-8-18)27(34)31(26)16-23(32)29-19-9-11-20(35-3)12-10-19/h4-12H,13-17H2,1-3H3,(H,29,32). The summed E-state index contributed by atoms with van der Waals surface area (Å²) in [4.78, 5) is 41.8. The van der Waals surface area contributed by atoms with E-state index in [2.05, 4.69) is 5.32 Å². The van der Waals surface area contributed by atoms with E-state index >= 15 is 0 Å². The lowest BCUT2D eigenvalue weighted by atomic mass is 9.94. The predicted molar refractivity (Wildman–Crippen MR) is 145 cm³/mol. The maximum atomic E-state index is 13.7. The third-order valence-electron chi connectivity index (χ3n) is 6.58. The Bertz CT molecular complexity index is 1570. The number of nitrogens with zero attached hydrogens (tertiary/aromatic N) is 2. The van der Waals surface area contributed by atoms with Crippen molar-refractivity contribution >= 4 is 33.1 Å². The summed E-state index contributed by atoms with van der Waals surface area (Å²) < 4.78 is 13.8. The van der Waals surface area contributed by atoms with Crippen LogP contribution in [0.2, 0.25) is 0 Å². The highest BCUT2D eigenvalue weighted by Gasteiger charge is 2.32. The number of anilines is 1. The summed E-state index contributed by atoms with van der Waals surface area (Å²) in [6.45, 7) is 4.37. The summed E-state index contributed by atoms with van der Waals surface area (Å²) in [7, 11) is 1.57. The molecule has 1 aliphatic rings. The van der Waals surface area contributed by atoms with E-state index < -0.39 is 11.3 Å². The molecule has 0 bridgehead atoms. The molecular weight excluding hydrogens is 490 g/mol. The molecule has 2 aromatic carbocycles. The number of ether oxygens (including phenoxy) is 2. The summed E-state index contributed by atoms with van der Waals surface area (Å²) in [6.07, 6.45) is 1.09. The molecule has 0 saturated heterocycles. The molecule has 4 aromatic rings. The van der Waals surface area contributed by atoms with E-state index in [0.717, 1.165) is 16.0 Å². The average Bonchev–Trinajstić information content (AvgIpc) is 3.25. The molecule has 5 rings (SSSR count). The van der Waals surface area contributed by atoms with Gasteiger partial charge in [-0.2, -0.15) is 0 Å². The minimum atomic E-state index is -0.489. The Kier molecular flexibility index (Phi) is 6.74. The molecule has 0 saturated carbocycles. The van der Waals surface area contributed by atoms with Crippen LogP contribution in [0.3, 0.4) is 0 Å². The molecule has 2 aromatic heterocycles. The molecule has 0 aliphatic carbocycles. The Labute approximate surface area is 218 Å². The number of benzene rings is 2. The van der Waals surface area contributed by atoms with Crippen LogP contribution in [0.15, 0.2) is 64.2 Å². The normalized spacial score (nSPS) is 14.4. The van der Waals surface area contributed by atoms with Gasteiger partial charge in [-0.05, 0) is 55.7 Å². The number of amides is 1. The van der Waals surface area contributed by atoms with E-state index in [1.165, 1.54) is 20.5 Å². The lowest BCUT2D eigenvalue weighted by Crippen LogP contribution is -2.42. The van der Waals surface area contributed by atoms with Crippen molar-refractivity contribution in [1.82, 2.24) is 9.13 Å². The molecule has 1 aliphatic heterocycles. The Balaban J connectivity index is 1.56. The molecule has 0 spiro atoms. The molecule has 0 unspecified atom stereocenters. The SMILES string of the molecule is COc1ccc(NC(=O)Cn2c(=O)n(CCc3ccccc3)c(=O)c3c4c(sc32)COC(C)(C)C4)cc1. The summed E-state index contributed by atoms with van der Waals surface area (Å²) in [5.41, 5.74) is 1.32. The molecule has 37 heavy (non-hydrogen) atoms. The van der Waals surface area contributed by atoms with Crippen LogP contribution in [-0.2, 0) is 42.1 Å². The molecule has 3 heterocycles. The number of methoxy groups -OCH3 is 1. The van der Waals surface area contributed by atoms with Gasteiger partial charge in [0.2, 0.25) is 5.91 Å². The molecule has 192 valence electrons. The van der Waals surface area contributed by atoms with Crippen molar-refractivity contribution in [2.75, 3.05) is 12.4 Å². The van der Waals surface area contributed by atoms with Crippen LogP contribution in [0.25, 0.3) is 10.2 Å². The quantitative estimate of drug-likeness (QED) is 0.399. The molecule has 0 atom stereocenters. The van der Waals surface area contributed by atoms with Gasteiger partial charge < -0.3 is 14.8 Å². The largest absolute Gasteiger partial charge is 0.497 e. The number of hydrogen-bond donors (Lipinski definition) is 1. The van der Waals surface area contributed by atoms with Gasteiger partial charge in [0.25, 0.3) is 5.56 Å². The summed E-state index contributed by atoms with van der Waals surface area (Å²) >= 11 is 1.36. The van der Waals surface area contributed by atoms with Crippen LogP contribution >= 0.6 is 11.3 Å². The molecule has 8 nitrogen and oxygen atoms in total. The molecule has 1 amide bonds. The van der Waals surface area contributed by atoms with Gasteiger partial charge >= 0.3 is 5.69 Å². The third-order valence-corrected chi connectivity index (χ3v) is 7.81. The predicted octanol–water partition coefficient (Wildman–Crippen LogP) is 3.97. The van der Waals surface area contributed by atoms with E-state index in [9.17, 15) is 14.4 Å². The average molecular weight is 520 g/mol. The van der Waals surface area contributed by atoms with Crippen molar-refractivity contribution < 1.29 is 14.3 Å². The topological polar surface area (TPSA) is 91.6 Å². The van der Waals surface area contributed by atoms with Gasteiger partial charge in [0.05, 0.1) is 24.7 Å². The zero-order valence-corrected chi connectivity index (χ0v) is 21.9. The summed E-state index contributed by atoms with van der Waals surface area (Å²) in [6, 6.07) is 16.7. The smallest absolute Gasteiger partial charge is 0.332 e. The number of nitrogens with one attached hydrogen (secondary N) is 1. The molecule has 0 fully saturated rings. The number of rotatable bonds is 7. The van der Waals surface area contributed by atoms with Crippen LogP contribution in [0.5, 0.6) is 5.75 Å². The summed E-state index contributed by atoms with van der Waals surface area (Å²) in [5.74, 6) is 0.320. The van der Waals surface area contributed by atoms with Gasteiger partial charge in [0.15, 0.2) is 0 Å². The van der Waals surface area contributed by atoms with Crippen molar-refractivity contribution in [3.8, 4) is 5.75 Å². The van der Waals surface area contributed by atoms with Crippen LogP contribution < -0.4 is 21.3 Å². The third kappa shape index (κ3) is 5.10. The van der Waals surface area contributed by atoms with E-state index in [0.29, 0.717) is 41.1 Å². The lowest BCUT2D eigenvalue weighted by molar-refractivity contribution is -0.116. The van der Waals surface area contributed by atoms with E-state index in [1.807, 2.05) is 44.2 Å². The van der Waals surface area contributed by atoms with Crippen LogP contribution in [0.1, 0.15) is 29.9 Å². The van der Waals surface area contributed by atoms with E-state index in [-0.39, 0.29) is 24.6 Å². The molecular formula is C28H29N3O5S. The Morgan fingerprint density at radius 2 is 1.81 bits per heavy atom. The summed E-state index contributed by atoms with van der Waals surface area (Å²) in [5, 5.41) is 3.35. The van der Waals surface area contributed by atoms with Crippen molar-refractivity contribution in [2.45, 2.75) is 52.0 Å². The van der Waals surface area contributed by atoms with Crippen molar-refractivity contribution in [3.05, 3.63) is 91.4 Å². The minimum Gasteiger partial charge on any atom is -0.497 e. The Morgan fingerprint density at radius 3 is 2.51 bits per heavy atom. The van der Waals surface area contributed by atoms with Gasteiger partial charge in [-0.15, -0.1) is 11.3 Å². The van der Waals surface area contributed by atoms with Gasteiger partial charge in [-0.25, -0.2) is 4.79 Å². The van der Waals surface area contributed by atoms with Crippen molar-refractivity contribution in [3.63, 3.8) is 0 Å². The van der Waals surface area contributed by atoms with Crippen LogP contribution in [0, 0.1) is 0 Å². The molecule has 1 N–H and O–H groups in total. The number of carbonyl (C=O) groups excluding carboxylic acids is 1. The van der Waals surface area contributed by atoms with Gasteiger partial charge in [0.1, 0.15) is 17.1 Å². The Hall–Kier alpha value is -3.69. The first-order valence-electron chi connectivity index (χ1n) is 12.2. The van der Waals surface area contributed by atoms with Crippen molar-refractivity contribution in [1.29, 1.82) is 0 Å². The van der Waals surface area contributed by atoms with Crippen LogP contribution in [-0.4, -0.2) is 27.8 Å². The Morgan fingerprint density at radius 1 is 1.08 bits per heavy atom. The van der Waals surface area contributed by atoms with Gasteiger partial charge in [-0.1, -0.05) is 30.3 Å². The number of aryl methyl sites for hydroxylation is 1. The second kappa shape index (κ2) is 9.99. The first kappa shape index (κ1) is 25.0. The monoisotopic (exact) mass is 519 g/mol. The second-order valence-corrected chi connectivity index (χ2v) is 10.8. The highest BCUT2D eigenvalue weighted by atomic mass is 32.1. The second-order valence-electron chi connectivity index (χ2n) is 9.75. The highest BCUT2D eigenvalue weighted by Crippen LogP contribution is 2.37.